The SMILES string of the molecule is O[Si](O)CCCOC1CO1. The van der Waals surface area contributed by atoms with Crippen LogP contribution in [0.1, 0.15) is 6.42 Å². The van der Waals surface area contributed by atoms with Crippen molar-refractivity contribution in [3.8, 4) is 0 Å². The van der Waals surface area contributed by atoms with Gasteiger partial charge in [0.1, 0.15) is 6.61 Å². The smallest absolute Gasteiger partial charge is 0.378 e. The average molecular weight is 163 g/mol. The third-order valence-electron chi connectivity index (χ3n) is 1.15. The Labute approximate surface area is 61.2 Å². The molecule has 1 atom stereocenters. The summed E-state index contributed by atoms with van der Waals surface area (Å²) in [6, 6.07) is 0.470. The monoisotopic (exact) mass is 163 g/mol. The first-order valence-electron chi connectivity index (χ1n) is 3.26. The molecule has 1 heterocycles. The minimum Gasteiger partial charge on any atom is -0.410 e. The highest BCUT2D eigenvalue weighted by atomic mass is 28.3. The molecule has 1 aliphatic heterocycles. The van der Waals surface area contributed by atoms with E-state index in [0.717, 1.165) is 0 Å². The zero-order chi connectivity index (χ0) is 7.40. The Balaban J connectivity index is 1.76. The standard InChI is InChI=1S/C5H11O4Si/c6-10(7)3-1-2-8-5-4-9-5/h5-7H,1-4H2. The fraction of sp³-hybridized carbons (Fsp3) is 1.00. The van der Waals surface area contributed by atoms with E-state index in [9.17, 15) is 0 Å². The second-order valence-electron chi connectivity index (χ2n) is 2.15. The molecular weight excluding hydrogens is 152 g/mol. The molecule has 1 radical (unpaired) electrons. The Kier molecular flexibility index (Phi) is 3.30. The quantitative estimate of drug-likeness (QED) is 0.317. The summed E-state index contributed by atoms with van der Waals surface area (Å²) in [6.07, 6.45) is 0.703. The van der Waals surface area contributed by atoms with Crippen molar-refractivity contribution in [1.29, 1.82) is 0 Å². The largest absolute Gasteiger partial charge is 0.410 e. The van der Waals surface area contributed by atoms with E-state index in [0.29, 0.717) is 25.7 Å². The van der Waals surface area contributed by atoms with Gasteiger partial charge in [-0.2, -0.15) is 0 Å². The second kappa shape index (κ2) is 4.04. The van der Waals surface area contributed by atoms with Gasteiger partial charge in [-0.25, -0.2) is 0 Å². The van der Waals surface area contributed by atoms with E-state index < -0.39 is 9.28 Å². The van der Waals surface area contributed by atoms with Crippen LogP contribution < -0.4 is 0 Å². The highest BCUT2D eigenvalue weighted by Gasteiger charge is 2.22. The molecule has 0 aliphatic carbocycles. The van der Waals surface area contributed by atoms with Crippen LogP contribution >= 0.6 is 0 Å². The van der Waals surface area contributed by atoms with E-state index in [4.69, 9.17) is 19.1 Å². The molecule has 1 unspecified atom stereocenters. The number of ether oxygens (including phenoxy) is 2. The van der Waals surface area contributed by atoms with E-state index in [1.165, 1.54) is 0 Å². The Morgan fingerprint density at radius 1 is 1.60 bits per heavy atom. The highest BCUT2D eigenvalue weighted by molar-refractivity contribution is 6.40. The van der Waals surface area contributed by atoms with Crippen molar-refractivity contribution in [2.45, 2.75) is 18.8 Å². The van der Waals surface area contributed by atoms with Crippen molar-refractivity contribution in [3.63, 3.8) is 0 Å². The zero-order valence-electron chi connectivity index (χ0n) is 5.62. The van der Waals surface area contributed by atoms with Crippen molar-refractivity contribution in [1.82, 2.24) is 0 Å². The molecule has 5 heteroatoms. The van der Waals surface area contributed by atoms with Crippen molar-refractivity contribution in [3.05, 3.63) is 0 Å². The molecule has 1 saturated heterocycles. The van der Waals surface area contributed by atoms with E-state index in [2.05, 4.69) is 0 Å². The molecule has 1 aliphatic rings. The molecule has 59 valence electrons. The molecule has 0 aromatic heterocycles. The molecule has 1 fully saturated rings. The van der Waals surface area contributed by atoms with Gasteiger partial charge in [0, 0.05) is 6.61 Å². The molecular formula is C5H11O4Si. The molecule has 0 bridgehead atoms. The first kappa shape index (κ1) is 8.16. The third kappa shape index (κ3) is 3.97. The van der Waals surface area contributed by atoms with Gasteiger partial charge >= 0.3 is 9.28 Å². The normalized spacial score (nSPS) is 23.7. The fourth-order valence-electron chi connectivity index (χ4n) is 0.581. The fourth-order valence-corrected chi connectivity index (χ4v) is 1.04. The highest BCUT2D eigenvalue weighted by Crippen LogP contribution is 2.10. The average Bonchev–Trinajstić information content (AvgIpc) is 2.62. The zero-order valence-corrected chi connectivity index (χ0v) is 6.62. The number of hydrogen-bond donors (Lipinski definition) is 2. The first-order chi connectivity index (χ1) is 4.79. The lowest BCUT2D eigenvalue weighted by Gasteiger charge is -1.98. The van der Waals surface area contributed by atoms with Crippen LogP contribution in [0.5, 0.6) is 0 Å². The number of rotatable bonds is 5. The van der Waals surface area contributed by atoms with Gasteiger partial charge in [-0.1, -0.05) is 0 Å². The van der Waals surface area contributed by atoms with Gasteiger partial charge < -0.3 is 19.1 Å². The molecule has 0 aromatic carbocycles. The summed E-state index contributed by atoms with van der Waals surface area (Å²) in [4.78, 5) is 17.0. The van der Waals surface area contributed by atoms with Gasteiger partial charge in [0.2, 0.25) is 0 Å². The summed E-state index contributed by atoms with van der Waals surface area (Å²) >= 11 is 0. The molecule has 0 spiro atoms. The lowest BCUT2D eigenvalue weighted by atomic mass is 10.5. The summed E-state index contributed by atoms with van der Waals surface area (Å²) in [6.45, 7) is 1.26. The Morgan fingerprint density at radius 3 is 2.80 bits per heavy atom. The number of hydrogen-bond acceptors (Lipinski definition) is 4. The number of epoxide rings is 1. The predicted octanol–water partition coefficient (Wildman–Crippen LogP) is -0.778. The van der Waals surface area contributed by atoms with Crippen LogP contribution in [0.3, 0.4) is 0 Å². The minimum atomic E-state index is -2.03. The molecule has 10 heavy (non-hydrogen) atoms. The van der Waals surface area contributed by atoms with E-state index in [-0.39, 0.29) is 6.29 Å². The van der Waals surface area contributed by atoms with E-state index in [1.807, 2.05) is 0 Å². The summed E-state index contributed by atoms with van der Waals surface area (Å²) < 4.78 is 9.85. The third-order valence-corrected chi connectivity index (χ3v) is 1.95. The summed E-state index contributed by atoms with van der Waals surface area (Å²) in [5.74, 6) is 0. The van der Waals surface area contributed by atoms with Gasteiger partial charge in [0.25, 0.3) is 0 Å². The minimum absolute atomic E-state index is 0.00643. The van der Waals surface area contributed by atoms with E-state index in [1.54, 1.807) is 0 Å². The Morgan fingerprint density at radius 2 is 2.30 bits per heavy atom. The van der Waals surface area contributed by atoms with Crippen LogP contribution in [-0.4, -0.2) is 38.4 Å². The Hall–Kier alpha value is 0.0569. The van der Waals surface area contributed by atoms with Crippen LogP contribution in [0.15, 0.2) is 0 Å². The Bertz CT molecular complexity index is 89.6. The van der Waals surface area contributed by atoms with Crippen molar-refractivity contribution >= 4 is 9.28 Å². The van der Waals surface area contributed by atoms with Crippen LogP contribution in [0.2, 0.25) is 6.04 Å². The molecule has 0 saturated carbocycles. The topological polar surface area (TPSA) is 62.2 Å². The second-order valence-corrected chi connectivity index (χ2v) is 3.49. The van der Waals surface area contributed by atoms with Gasteiger partial charge in [0.15, 0.2) is 6.29 Å². The summed E-state index contributed by atoms with van der Waals surface area (Å²) in [5, 5.41) is 0. The summed E-state index contributed by atoms with van der Waals surface area (Å²) in [7, 11) is -2.03. The van der Waals surface area contributed by atoms with Crippen molar-refractivity contribution < 1.29 is 19.1 Å². The van der Waals surface area contributed by atoms with Crippen LogP contribution in [0, 0.1) is 0 Å². The van der Waals surface area contributed by atoms with Crippen LogP contribution in [-0.2, 0) is 9.47 Å². The van der Waals surface area contributed by atoms with Gasteiger partial charge in [-0.05, 0) is 12.5 Å². The maximum atomic E-state index is 8.50. The maximum absolute atomic E-state index is 8.50. The van der Waals surface area contributed by atoms with Crippen LogP contribution in [0.25, 0.3) is 0 Å². The first-order valence-corrected chi connectivity index (χ1v) is 4.86. The molecule has 0 aromatic rings. The molecule has 1 rings (SSSR count). The molecule has 2 N–H and O–H groups in total. The van der Waals surface area contributed by atoms with Crippen LogP contribution in [0.4, 0.5) is 0 Å². The van der Waals surface area contributed by atoms with E-state index >= 15 is 0 Å². The maximum Gasteiger partial charge on any atom is 0.378 e. The van der Waals surface area contributed by atoms with Gasteiger partial charge in [-0.15, -0.1) is 0 Å². The lowest BCUT2D eigenvalue weighted by Crippen LogP contribution is -2.11. The summed E-state index contributed by atoms with van der Waals surface area (Å²) in [5.41, 5.74) is 0. The lowest BCUT2D eigenvalue weighted by molar-refractivity contribution is 0.0501. The van der Waals surface area contributed by atoms with Gasteiger partial charge in [0.05, 0.1) is 0 Å². The molecule has 4 nitrogen and oxygen atoms in total. The van der Waals surface area contributed by atoms with Crippen molar-refractivity contribution in [2.24, 2.45) is 0 Å². The predicted molar refractivity (Wildman–Crippen MR) is 35.3 cm³/mol. The van der Waals surface area contributed by atoms with Gasteiger partial charge in [-0.3, -0.25) is 0 Å². The van der Waals surface area contributed by atoms with Crippen molar-refractivity contribution in [2.75, 3.05) is 13.2 Å². The molecule has 0 amide bonds.